The molecular formula is C12H22OS. The van der Waals surface area contributed by atoms with Crippen molar-refractivity contribution < 1.29 is 4.79 Å². The molecule has 82 valence electrons. The largest absolute Gasteiger partial charge is 0.299 e. The summed E-state index contributed by atoms with van der Waals surface area (Å²) in [6.07, 6.45) is 5.19. The van der Waals surface area contributed by atoms with Crippen LogP contribution in [0.15, 0.2) is 0 Å². The molecule has 1 nitrogen and oxygen atoms in total. The fourth-order valence-corrected chi connectivity index (χ4v) is 3.52. The van der Waals surface area contributed by atoms with Gasteiger partial charge in [0.1, 0.15) is 5.78 Å². The molecule has 1 fully saturated rings. The zero-order valence-corrected chi connectivity index (χ0v) is 10.5. The number of carbonyl (C=O) groups excluding carboxylic acids is 1. The smallest absolute Gasteiger partial charge is 0.136 e. The van der Waals surface area contributed by atoms with Crippen LogP contribution >= 0.6 is 11.8 Å². The van der Waals surface area contributed by atoms with Crippen LogP contribution in [0.3, 0.4) is 0 Å². The molecule has 0 unspecified atom stereocenters. The van der Waals surface area contributed by atoms with E-state index in [2.05, 4.69) is 32.5 Å². The first-order valence-electron chi connectivity index (χ1n) is 5.78. The van der Waals surface area contributed by atoms with Gasteiger partial charge in [-0.15, -0.1) is 0 Å². The molecule has 1 heterocycles. The minimum Gasteiger partial charge on any atom is -0.299 e. The van der Waals surface area contributed by atoms with Crippen molar-refractivity contribution >= 4 is 17.5 Å². The number of carbonyl (C=O) groups is 1. The minimum absolute atomic E-state index is 0.362. The van der Waals surface area contributed by atoms with Crippen molar-refractivity contribution in [3.8, 4) is 0 Å². The Bertz CT molecular complexity index is 202. The quantitative estimate of drug-likeness (QED) is 0.710. The molecule has 1 aliphatic heterocycles. The van der Waals surface area contributed by atoms with E-state index in [0.717, 1.165) is 25.7 Å². The molecule has 0 amide bonds. The van der Waals surface area contributed by atoms with Crippen molar-refractivity contribution in [1.29, 1.82) is 0 Å². The van der Waals surface area contributed by atoms with Crippen LogP contribution in [-0.4, -0.2) is 16.3 Å². The maximum absolute atomic E-state index is 11.8. The highest BCUT2D eigenvalue weighted by Gasteiger charge is 2.33. The Kier molecular flexibility index (Phi) is 4.49. The molecule has 14 heavy (non-hydrogen) atoms. The maximum Gasteiger partial charge on any atom is 0.136 e. The van der Waals surface area contributed by atoms with Gasteiger partial charge in [0.25, 0.3) is 0 Å². The second kappa shape index (κ2) is 5.20. The van der Waals surface area contributed by atoms with Crippen LogP contribution in [0.5, 0.6) is 0 Å². The summed E-state index contributed by atoms with van der Waals surface area (Å²) in [5.74, 6) is 2.04. The number of ketones is 1. The summed E-state index contributed by atoms with van der Waals surface area (Å²) in [5, 5.41) is 0. The van der Waals surface area contributed by atoms with E-state index in [9.17, 15) is 4.79 Å². The van der Waals surface area contributed by atoms with E-state index in [1.54, 1.807) is 0 Å². The lowest BCUT2D eigenvalue weighted by Gasteiger charge is -2.36. The average Bonchev–Trinajstić information content (AvgIpc) is 2.18. The Morgan fingerprint density at radius 2 is 2.21 bits per heavy atom. The summed E-state index contributed by atoms with van der Waals surface area (Å²) in [4.78, 5) is 11.8. The first kappa shape index (κ1) is 12.1. The third-order valence-electron chi connectivity index (χ3n) is 3.29. The molecule has 2 heteroatoms. The molecular weight excluding hydrogens is 192 g/mol. The SMILES string of the molecule is CCCC(=O)[C@@H]1CCS[C@](C)(CC)C1. The molecule has 0 aromatic carbocycles. The van der Waals surface area contributed by atoms with Gasteiger partial charge in [-0.1, -0.05) is 20.8 Å². The van der Waals surface area contributed by atoms with E-state index in [4.69, 9.17) is 0 Å². The molecule has 0 spiro atoms. The summed E-state index contributed by atoms with van der Waals surface area (Å²) in [7, 11) is 0. The second-order valence-corrected chi connectivity index (χ2v) is 6.24. The van der Waals surface area contributed by atoms with Gasteiger partial charge in [-0.25, -0.2) is 0 Å². The summed E-state index contributed by atoms with van der Waals surface area (Å²) < 4.78 is 0.367. The van der Waals surface area contributed by atoms with Crippen LogP contribution < -0.4 is 0 Å². The molecule has 0 saturated carbocycles. The molecule has 1 rings (SSSR count). The van der Waals surface area contributed by atoms with Crippen LogP contribution in [0, 0.1) is 5.92 Å². The molecule has 0 radical (unpaired) electrons. The van der Waals surface area contributed by atoms with Gasteiger partial charge in [0.05, 0.1) is 0 Å². The van der Waals surface area contributed by atoms with Gasteiger partial charge in [-0.05, 0) is 31.4 Å². The number of hydrogen-bond donors (Lipinski definition) is 0. The van der Waals surface area contributed by atoms with Crippen molar-refractivity contribution in [1.82, 2.24) is 0 Å². The minimum atomic E-state index is 0.362. The number of hydrogen-bond acceptors (Lipinski definition) is 2. The van der Waals surface area contributed by atoms with Crippen molar-refractivity contribution in [2.75, 3.05) is 5.75 Å². The van der Waals surface area contributed by atoms with E-state index in [1.165, 1.54) is 12.2 Å². The van der Waals surface area contributed by atoms with Crippen LogP contribution in [0.2, 0.25) is 0 Å². The first-order valence-corrected chi connectivity index (χ1v) is 6.76. The predicted molar refractivity (Wildman–Crippen MR) is 63.8 cm³/mol. The molecule has 2 atom stereocenters. The zero-order valence-electron chi connectivity index (χ0n) is 9.64. The number of rotatable bonds is 4. The lowest BCUT2D eigenvalue weighted by atomic mass is 9.86. The highest BCUT2D eigenvalue weighted by molar-refractivity contribution is 8.00. The molecule has 0 bridgehead atoms. The third-order valence-corrected chi connectivity index (χ3v) is 4.89. The predicted octanol–water partition coefficient (Wildman–Crippen LogP) is 3.67. The van der Waals surface area contributed by atoms with Crippen molar-refractivity contribution in [2.24, 2.45) is 5.92 Å². The fraction of sp³-hybridized carbons (Fsp3) is 0.917. The number of thioether (sulfide) groups is 1. The van der Waals surface area contributed by atoms with E-state index >= 15 is 0 Å². The molecule has 0 aromatic heterocycles. The average molecular weight is 214 g/mol. The van der Waals surface area contributed by atoms with Gasteiger partial charge in [-0.2, -0.15) is 11.8 Å². The number of Topliss-reactive ketones (excluding diaryl/α,β-unsaturated/α-hetero) is 1. The van der Waals surface area contributed by atoms with Crippen LogP contribution in [0.25, 0.3) is 0 Å². The normalized spacial score (nSPS) is 32.9. The molecule has 0 aliphatic carbocycles. The third kappa shape index (κ3) is 3.01. The second-order valence-electron chi connectivity index (χ2n) is 4.56. The summed E-state index contributed by atoms with van der Waals surface area (Å²) in [5.41, 5.74) is 0. The van der Waals surface area contributed by atoms with E-state index in [0.29, 0.717) is 16.4 Å². The zero-order chi connectivity index (χ0) is 10.6. The van der Waals surface area contributed by atoms with Gasteiger partial charge < -0.3 is 0 Å². The highest BCUT2D eigenvalue weighted by atomic mass is 32.2. The van der Waals surface area contributed by atoms with Gasteiger partial charge in [0.2, 0.25) is 0 Å². The standard InChI is InChI=1S/C12H22OS/c1-4-6-11(13)10-7-8-14-12(3,5-2)9-10/h10H,4-9H2,1-3H3/t10-,12-/m1/s1. The topological polar surface area (TPSA) is 17.1 Å². The summed E-state index contributed by atoms with van der Waals surface area (Å²) >= 11 is 2.05. The summed E-state index contributed by atoms with van der Waals surface area (Å²) in [6.45, 7) is 6.64. The van der Waals surface area contributed by atoms with Gasteiger partial charge >= 0.3 is 0 Å². The van der Waals surface area contributed by atoms with Gasteiger partial charge in [0.15, 0.2) is 0 Å². The lowest BCUT2D eigenvalue weighted by molar-refractivity contribution is -0.123. The van der Waals surface area contributed by atoms with Crippen molar-refractivity contribution in [3.05, 3.63) is 0 Å². The van der Waals surface area contributed by atoms with Gasteiger partial charge in [0, 0.05) is 17.1 Å². The molecule has 1 aliphatic rings. The fourth-order valence-electron chi connectivity index (χ4n) is 2.10. The van der Waals surface area contributed by atoms with Crippen LogP contribution in [-0.2, 0) is 4.79 Å². The molecule has 1 saturated heterocycles. The Balaban J connectivity index is 2.51. The van der Waals surface area contributed by atoms with E-state index in [1.807, 2.05) is 0 Å². The van der Waals surface area contributed by atoms with Crippen LogP contribution in [0.1, 0.15) is 52.9 Å². The van der Waals surface area contributed by atoms with Crippen molar-refractivity contribution in [2.45, 2.75) is 57.6 Å². The van der Waals surface area contributed by atoms with Gasteiger partial charge in [-0.3, -0.25) is 4.79 Å². The molecule has 0 N–H and O–H groups in total. The Hall–Kier alpha value is 0.0200. The Labute approximate surface area is 92.0 Å². The maximum atomic E-state index is 11.8. The molecule has 0 aromatic rings. The van der Waals surface area contributed by atoms with Crippen molar-refractivity contribution in [3.63, 3.8) is 0 Å². The Morgan fingerprint density at radius 1 is 1.50 bits per heavy atom. The van der Waals surface area contributed by atoms with E-state index in [-0.39, 0.29) is 0 Å². The van der Waals surface area contributed by atoms with E-state index < -0.39 is 0 Å². The lowest BCUT2D eigenvalue weighted by Crippen LogP contribution is -2.32. The monoisotopic (exact) mass is 214 g/mol. The van der Waals surface area contributed by atoms with Crippen LogP contribution in [0.4, 0.5) is 0 Å². The summed E-state index contributed by atoms with van der Waals surface area (Å²) in [6, 6.07) is 0. The highest BCUT2D eigenvalue weighted by Crippen LogP contribution is 2.41. The first-order chi connectivity index (χ1) is 6.61. The Morgan fingerprint density at radius 3 is 2.79 bits per heavy atom.